The molecule has 1 unspecified atom stereocenters. The van der Waals surface area contributed by atoms with Gasteiger partial charge in [0, 0.05) is 28.8 Å². The molecule has 0 radical (unpaired) electrons. The monoisotopic (exact) mass is 269 g/mol. The Labute approximate surface area is 113 Å². The van der Waals surface area contributed by atoms with Crippen LogP contribution in [0.25, 0.3) is 21.9 Å². The van der Waals surface area contributed by atoms with E-state index in [1.807, 2.05) is 18.2 Å². The van der Waals surface area contributed by atoms with E-state index in [2.05, 4.69) is 5.32 Å². The lowest BCUT2D eigenvalue weighted by Crippen LogP contribution is -2.39. The fourth-order valence-corrected chi connectivity index (χ4v) is 2.76. The third-order valence-corrected chi connectivity index (χ3v) is 3.79. The number of amides is 2. The average Bonchev–Trinajstić information content (AvgIpc) is 3.02. The van der Waals surface area contributed by atoms with Crippen LogP contribution in [0, 0.1) is 0 Å². The number of hydrogen-bond donors (Lipinski definition) is 1. The van der Waals surface area contributed by atoms with Gasteiger partial charge in [-0.15, -0.1) is 0 Å². The molecule has 0 spiro atoms. The second-order valence-corrected chi connectivity index (χ2v) is 5.00. The lowest BCUT2D eigenvalue weighted by molar-refractivity contribution is -0.134. The Bertz CT molecular complexity index is 842. The molecule has 1 saturated heterocycles. The first-order chi connectivity index (χ1) is 9.72. The van der Waals surface area contributed by atoms with E-state index in [1.165, 1.54) is 0 Å². The SMILES string of the molecule is O=C1CCC(c2coc3cc4occc4cc23)C(=O)N1. The highest BCUT2D eigenvalue weighted by molar-refractivity contribution is 6.04. The quantitative estimate of drug-likeness (QED) is 0.689. The van der Waals surface area contributed by atoms with Crippen LogP contribution < -0.4 is 5.32 Å². The molecule has 1 aromatic carbocycles. The van der Waals surface area contributed by atoms with Gasteiger partial charge in [0.1, 0.15) is 11.2 Å². The second kappa shape index (κ2) is 3.96. The van der Waals surface area contributed by atoms with Crippen molar-refractivity contribution in [2.75, 3.05) is 0 Å². The zero-order valence-electron chi connectivity index (χ0n) is 10.5. The van der Waals surface area contributed by atoms with Crippen molar-refractivity contribution in [3.8, 4) is 0 Å². The fourth-order valence-electron chi connectivity index (χ4n) is 2.76. The van der Waals surface area contributed by atoms with Crippen molar-refractivity contribution in [1.82, 2.24) is 5.32 Å². The maximum Gasteiger partial charge on any atom is 0.234 e. The number of benzene rings is 1. The van der Waals surface area contributed by atoms with Crippen molar-refractivity contribution in [3.63, 3.8) is 0 Å². The highest BCUT2D eigenvalue weighted by Crippen LogP contribution is 2.34. The summed E-state index contributed by atoms with van der Waals surface area (Å²) in [5.74, 6) is -0.800. The summed E-state index contributed by atoms with van der Waals surface area (Å²) in [5, 5.41) is 4.24. The lowest BCUT2D eigenvalue weighted by Gasteiger charge is -2.19. The number of piperidine rings is 1. The fraction of sp³-hybridized carbons (Fsp3) is 0.200. The summed E-state index contributed by atoms with van der Waals surface area (Å²) in [4.78, 5) is 23.2. The Morgan fingerprint density at radius 3 is 2.90 bits per heavy atom. The van der Waals surface area contributed by atoms with Gasteiger partial charge in [-0.1, -0.05) is 0 Å². The standard InChI is InChI=1S/C15H11NO4/c17-14-2-1-9(15(18)16-14)11-7-20-13-6-12-8(3-4-19-12)5-10(11)13/h3-7,9H,1-2H2,(H,16,17,18). The predicted octanol–water partition coefficient (Wildman–Crippen LogP) is 2.70. The summed E-state index contributed by atoms with van der Waals surface area (Å²) >= 11 is 0. The summed E-state index contributed by atoms with van der Waals surface area (Å²) in [7, 11) is 0. The van der Waals surface area contributed by atoms with Gasteiger partial charge in [-0.25, -0.2) is 0 Å². The Morgan fingerprint density at radius 2 is 2.05 bits per heavy atom. The molecule has 5 heteroatoms. The predicted molar refractivity (Wildman–Crippen MR) is 71.1 cm³/mol. The number of hydrogen-bond acceptors (Lipinski definition) is 4. The summed E-state index contributed by atoms with van der Waals surface area (Å²) < 4.78 is 10.9. The minimum Gasteiger partial charge on any atom is -0.464 e. The third kappa shape index (κ3) is 1.56. The van der Waals surface area contributed by atoms with Crippen LogP contribution in [-0.2, 0) is 9.59 Å². The van der Waals surface area contributed by atoms with Gasteiger partial charge < -0.3 is 8.83 Å². The average molecular weight is 269 g/mol. The minimum absolute atomic E-state index is 0.212. The summed E-state index contributed by atoms with van der Waals surface area (Å²) in [6, 6.07) is 5.65. The minimum atomic E-state index is -0.335. The number of imide groups is 1. The van der Waals surface area contributed by atoms with Gasteiger partial charge in [0.25, 0.3) is 0 Å². The maximum absolute atomic E-state index is 12.0. The molecular formula is C15H11NO4. The number of furan rings is 2. The first-order valence-corrected chi connectivity index (χ1v) is 6.44. The molecule has 3 heterocycles. The number of carbonyl (C=O) groups excluding carboxylic acids is 2. The molecule has 1 atom stereocenters. The molecule has 0 saturated carbocycles. The molecular weight excluding hydrogens is 258 g/mol. The highest BCUT2D eigenvalue weighted by atomic mass is 16.3. The van der Waals surface area contributed by atoms with Gasteiger partial charge >= 0.3 is 0 Å². The summed E-state index contributed by atoms with van der Waals surface area (Å²) in [6.07, 6.45) is 4.10. The van der Waals surface area contributed by atoms with E-state index in [0.29, 0.717) is 18.4 Å². The Hall–Kier alpha value is -2.56. The van der Waals surface area contributed by atoms with Gasteiger partial charge in [-0.3, -0.25) is 14.9 Å². The molecule has 1 N–H and O–H groups in total. The lowest BCUT2D eigenvalue weighted by atomic mass is 9.90. The molecule has 4 rings (SSSR count). The molecule has 3 aromatic rings. The van der Waals surface area contributed by atoms with E-state index in [-0.39, 0.29) is 17.7 Å². The Kier molecular flexibility index (Phi) is 2.24. The Morgan fingerprint density at radius 1 is 1.15 bits per heavy atom. The first kappa shape index (κ1) is 11.3. The van der Waals surface area contributed by atoms with Crippen LogP contribution in [-0.4, -0.2) is 11.8 Å². The van der Waals surface area contributed by atoms with Crippen LogP contribution in [0.4, 0.5) is 0 Å². The molecule has 2 amide bonds. The van der Waals surface area contributed by atoms with Crippen molar-refractivity contribution in [2.45, 2.75) is 18.8 Å². The van der Waals surface area contributed by atoms with Crippen molar-refractivity contribution < 1.29 is 18.4 Å². The molecule has 100 valence electrons. The van der Waals surface area contributed by atoms with E-state index in [4.69, 9.17) is 8.83 Å². The zero-order chi connectivity index (χ0) is 13.7. The molecule has 2 aromatic heterocycles. The maximum atomic E-state index is 12.0. The van der Waals surface area contributed by atoms with Gasteiger partial charge in [0.2, 0.25) is 11.8 Å². The Balaban J connectivity index is 1.86. The molecule has 1 fully saturated rings. The van der Waals surface area contributed by atoms with Crippen molar-refractivity contribution >= 4 is 33.8 Å². The normalized spacial score (nSPS) is 19.7. The van der Waals surface area contributed by atoms with Crippen LogP contribution in [0.1, 0.15) is 24.3 Å². The highest BCUT2D eigenvalue weighted by Gasteiger charge is 2.30. The van der Waals surface area contributed by atoms with E-state index < -0.39 is 0 Å². The van der Waals surface area contributed by atoms with Crippen molar-refractivity contribution in [1.29, 1.82) is 0 Å². The van der Waals surface area contributed by atoms with Gasteiger partial charge in [0.15, 0.2) is 0 Å². The van der Waals surface area contributed by atoms with Crippen LogP contribution in [0.2, 0.25) is 0 Å². The molecule has 0 aliphatic carbocycles. The molecule has 1 aliphatic heterocycles. The number of rotatable bonds is 1. The molecule has 20 heavy (non-hydrogen) atoms. The number of nitrogens with one attached hydrogen (secondary N) is 1. The first-order valence-electron chi connectivity index (χ1n) is 6.44. The second-order valence-electron chi connectivity index (χ2n) is 5.00. The smallest absolute Gasteiger partial charge is 0.234 e. The van der Waals surface area contributed by atoms with Crippen molar-refractivity contribution in [3.05, 3.63) is 36.3 Å². The largest absolute Gasteiger partial charge is 0.464 e. The van der Waals surface area contributed by atoms with E-state index in [1.54, 1.807) is 12.5 Å². The van der Waals surface area contributed by atoms with Gasteiger partial charge in [0.05, 0.1) is 18.4 Å². The zero-order valence-corrected chi connectivity index (χ0v) is 10.5. The van der Waals surface area contributed by atoms with E-state index in [9.17, 15) is 9.59 Å². The van der Waals surface area contributed by atoms with Crippen LogP contribution >= 0.6 is 0 Å². The van der Waals surface area contributed by atoms with E-state index in [0.717, 1.165) is 21.9 Å². The molecule has 0 bridgehead atoms. The molecule has 5 nitrogen and oxygen atoms in total. The van der Waals surface area contributed by atoms with Gasteiger partial charge in [-0.05, 0) is 18.6 Å². The number of carbonyl (C=O) groups is 2. The van der Waals surface area contributed by atoms with Gasteiger partial charge in [-0.2, -0.15) is 0 Å². The number of fused-ring (bicyclic) bond motifs is 2. The molecule has 1 aliphatic rings. The van der Waals surface area contributed by atoms with Crippen LogP contribution in [0.15, 0.2) is 39.6 Å². The van der Waals surface area contributed by atoms with E-state index >= 15 is 0 Å². The summed E-state index contributed by atoms with van der Waals surface area (Å²) in [6.45, 7) is 0. The topological polar surface area (TPSA) is 72.5 Å². The van der Waals surface area contributed by atoms with Crippen LogP contribution in [0.3, 0.4) is 0 Å². The van der Waals surface area contributed by atoms with Crippen LogP contribution in [0.5, 0.6) is 0 Å². The van der Waals surface area contributed by atoms with Crippen molar-refractivity contribution in [2.24, 2.45) is 0 Å². The third-order valence-electron chi connectivity index (χ3n) is 3.79. The summed E-state index contributed by atoms with van der Waals surface area (Å²) in [5.41, 5.74) is 2.27.